The molecule has 5 atom stereocenters. The van der Waals surface area contributed by atoms with E-state index in [1.165, 1.54) is 0 Å². The van der Waals surface area contributed by atoms with Crippen molar-refractivity contribution in [2.75, 3.05) is 0 Å². The third kappa shape index (κ3) is 5.42. The van der Waals surface area contributed by atoms with Crippen molar-refractivity contribution in [1.29, 1.82) is 0 Å². The lowest BCUT2D eigenvalue weighted by molar-refractivity contribution is -0.141. The highest BCUT2D eigenvalue weighted by molar-refractivity contribution is 6.46. The van der Waals surface area contributed by atoms with Crippen molar-refractivity contribution in [3.05, 3.63) is 95.1 Å². The van der Waals surface area contributed by atoms with Gasteiger partial charge in [-0.3, -0.25) is 28.8 Å². The summed E-state index contributed by atoms with van der Waals surface area (Å²) in [5, 5.41) is 0. The Bertz CT molecular complexity index is 2420. The van der Waals surface area contributed by atoms with Gasteiger partial charge in [-0.2, -0.15) is 0 Å². The van der Waals surface area contributed by atoms with Crippen LogP contribution in [0.4, 0.5) is 0 Å². The number of H-pyrrole nitrogens is 2. The van der Waals surface area contributed by atoms with E-state index in [-0.39, 0.29) is 11.7 Å². The minimum Gasteiger partial charge on any atom is -0.355 e. The number of carbonyl (C=O) groups is 6. The molecule has 1 fully saturated rings. The van der Waals surface area contributed by atoms with Crippen LogP contribution in [-0.4, -0.2) is 55.1 Å². The summed E-state index contributed by atoms with van der Waals surface area (Å²) >= 11 is 0. The molecule has 2 N–H and O–H groups in total. The van der Waals surface area contributed by atoms with Crippen LogP contribution in [0.1, 0.15) is 67.9 Å². The molecule has 1 saturated carbocycles. The zero-order chi connectivity index (χ0) is 35.7. The highest BCUT2D eigenvalue weighted by Crippen LogP contribution is 2.51. The first kappa shape index (κ1) is 32.3. The van der Waals surface area contributed by atoms with E-state index in [9.17, 15) is 28.8 Å². The fourth-order valence-electron chi connectivity index (χ4n) is 7.86. The zero-order valence-corrected chi connectivity index (χ0v) is 28.2. The first-order valence-electron chi connectivity index (χ1n) is 17.2. The molecule has 3 aromatic heterocycles. The number of aromatic nitrogens is 4. The molecule has 2 aliphatic heterocycles. The zero-order valence-electron chi connectivity index (χ0n) is 28.2. The van der Waals surface area contributed by atoms with E-state index in [1.54, 1.807) is 43.4 Å². The molecule has 4 aliphatic carbocycles. The van der Waals surface area contributed by atoms with Crippen LogP contribution >= 0.6 is 0 Å². The number of hydrogen-bond acceptors (Lipinski definition) is 8. The number of ketones is 5. The minimum atomic E-state index is -0.905. The number of rotatable bonds is 6. The third-order valence-corrected chi connectivity index (χ3v) is 10.4. The quantitative estimate of drug-likeness (QED) is 0.183. The molecule has 51 heavy (non-hydrogen) atoms. The molecule has 0 saturated heterocycles. The Morgan fingerprint density at radius 1 is 0.765 bits per heavy atom. The van der Waals surface area contributed by atoms with Crippen molar-refractivity contribution in [2.45, 2.75) is 39.5 Å². The molecule has 5 unspecified atom stereocenters. The van der Waals surface area contributed by atoms with E-state index >= 15 is 0 Å². The Labute approximate surface area is 292 Å². The number of fused-ring (bicyclic) bond motifs is 10. The van der Waals surface area contributed by atoms with E-state index in [0.29, 0.717) is 69.6 Å². The van der Waals surface area contributed by atoms with Crippen LogP contribution in [0, 0.1) is 29.6 Å². The Morgan fingerprint density at radius 3 is 2.10 bits per heavy atom. The number of carbonyl (C=O) groups excluding carboxylic acids is 6. The monoisotopic (exact) mass is 678 g/mol. The highest BCUT2D eigenvalue weighted by Gasteiger charge is 2.50. The van der Waals surface area contributed by atoms with Gasteiger partial charge in [0.15, 0.2) is 6.29 Å². The molecule has 3 aromatic rings. The molecule has 10 nitrogen and oxygen atoms in total. The summed E-state index contributed by atoms with van der Waals surface area (Å²) in [7, 11) is 0. The molecule has 10 heteroatoms. The van der Waals surface area contributed by atoms with Gasteiger partial charge >= 0.3 is 0 Å². The van der Waals surface area contributed by atoms with Crippen molar-refractivity contribution < 1.29 is 28.8 Å². The average Bonchev–Trinajstić information content (AvgIpc) is 3.89. The lowest BCUT2D eigenvalue weighted by Crippen LogP contribution is -2.41. The number of nitrogens with one attached hydrogen (secondary N) is 2. The van der Waals surface area contributed by atoms with E-state index in [2.05, 4.69) is 9.97 Å². The normalized spacial score (nSPS) is 23.3. The molecule has 9 rings (SSSR count). The Balaban J connectivity index is 1.44. The molecule has 5 heterocycles. The fourth-order valence-corrected chi connectivity index (χ4v) is 7.86. The maximum absolute atomic E-state index is 13.5. The van der Waals surface area contributed by atoms with Gasteiger partial charge in [-0.05, 0) is 89.6 Å². The van der Waals surface area contributed by atoms with Crippen LogP contribution in [0.2, 0.25) is 0 Å². The van der Waals surface area contributed by atoms with Crippen LogP contribution in [0.25, 0.3) is 44.9 Å². The molecular formula is C41H34N4O6. The van der Waals surface area contributed by atoms with Crippen LogP contribution in [-0.2, 0) is 28.8 Å². The number of nitrogens with zero attached hydrogens (tertiary/aromatic N) is 2. The van der Waals surface area contributed by atoms with Crippen molar-refractivity contribution in [2.24, 2.45) is 29.6 Å². The van der Waals surface area contributed by atoms with Gasteiger partial charge in [0.25, 0.3) is 0 Å². The largest absolute Gasteiger partial charge is 0.355 e. The minimum absolute atomic E-state index is 0.119. The van der Waals surface area contributed by atoms with Gasteiger partial charge in [-0.1, -0.05) is 45.1 Å². The summed E-state index contributed by atoms with van der Waals surface area (Å²) in [5.74, 6) is -5.77. The number of aldehydes is 1. The second-order valence-electron chi connectivity index (χ2n) is 14.2. The topological polar surface area (TPSA) is 160 Å². The lowest BCUT2D eigenvalue weighted by atomic mass is 9.65. The summed E-state index contributed by atoms with van der Waals surface area (Å²) in [5.41, 5.74) is 7.16. The summed E-state index contributed by atoms with van der Waals surface area (Å²) in [6.45, 7) is 5.63. The lowest BCUT2D eigenvalue weighted by Gasteiger charge is -2.34. The van der Waals surface area contributed by atoms with E-state index in [1.807, 2.05) is 50.3 Å². The predicted molar refractivity (Wildman–Crippen MR) is 192 cm³/mol. The smallest absolute Gasteiger partial charge is 0.210 e. The molecule has 0 radical (unpaired) electrons. The van der Waals surface area contributed by atoms with Gasteiger partial charge in [-0.25, -0.2) is 9.97 Å². The maximum Gasteiger partial charge on any atom is 0.210 e. The predicted octanol–water partition coefficient (Wildman–Crippen LogP) is 5.97. The molecule has 0 aromatic carbocycles. The van der Waals surface area contributed by atoms with Gasteiger partial charge in [0.05, 0.1) is 46.4 Å². The fraction of sp³-hybridized carbons (Fsp3) is 0.268. The Morgan fingerprint density at radius 2 is 1.43 bits per heavy atom. The van der Waals surface area contributed by atoms with Crippen molar-refractivity contribution in [1.82, 2.24) is 19.9 Å². The summed E-state index contributed by atoms with van der Waals surface area (Å²) in [6, 6.07) is 12.8. The number of allylic oxidation sites excluding steroid dienone is 7. The average molecular weight is 679 g/mol. The highest BCUT2D eigenvalue weighted by atomic mass is 16.2. The van der Waals surface area contributed by atoms with Gasteiger partial charge in [-0.15, -0.1) is 0 Å². The van der Waals surface area contributed by atoms with Crippen LogP contribution in [0.15, 0.2) is 66.8 Å². The SMILES string of the molecule is CC(C)/C=C\C(C(=O)C=O)C1=Cc2cc3ccc(cc4nc(cc5cc(C6C=CC(C)C(=O)C6=O)c(cc1n2)[nH]5)C1=C4C2CCC1C(=O)C2=O)[nH]3. The maximum atomic E-state index is 13.5. The van der Waals surface area contributed by atoms with E-state index in [0.717, 1.165) is 16.7 Å². The third-order valence-electron chi connectivity index (χ3n) is 10.4. The molecular weight excluding hydrogens is 644 g/mol. The number of aromatic amines is 2. The summed E-state index contributed by atoms with van der Waals surface area (Å²) in [4.78, 5) is 94.2. The second kappa shape index (κ2) is 12.2. The number of Topliss-reactive ketones (excluding diaryl/α,β-unsaturated/α-hetero) is 5. The van der Waals surface area contributed by atoms with E-state index < -0.39 is 52.7 Å². The molecule has 0 amide bonds. The molecule has 0 spiro atoms. The van der Waals surface area contributed by atoms with Crippen LogP contribution < -0.4 is 0 Å². The summed E-state index contributed by atoms with van der Waals surface area (Å²) < 4.78 is 0. The van der Waals surface area contributed by atoms with Gasteiger partial charge in [0.2, 0.25) is 28.9 Å². The second-order valence-corrected chi connectivity index (χ2v) is 14.2. The Hall–Kier alpha value is -5.90. The first-order chi connectivity index (χ1) is 24.5. The van der Waals surface area contributed by atoms with Crippen molar-refractivity contribution >= 4 is 80.1 Å². The van der Waals surface area contributed by atoms with Crippen LogP contribution in [0.3, 0.4) is 0 Å². The molecule has 10 bridgehead atoms. The summed E-state index contributed by atoms with van der Waals surface area (Å²) in [6.07, 6.45) is 10.3. The standard InChI is InChI=1S/C41H34N4O6/c1-19(2)4-8-25(35(47)18-46)29-13-23-12-21-6-7-22(42-21)15-33-36-27-10-11-28(41(51)40(27)50)37(36)34(45-33)16-24-14-30(32(44-24)17-31(29)43-23)26-9-5-20(3)38(48)39(26)49/h4-9,12-20,25-28,42,44H,10-11H2,1-3H3/b8-4-,21-12?,22-15?,23-12?,24-16?,31-17?,32-17?,33-15?,34-16?. The van der Waals surface area contributed by atoms with Gasteiger partial charge in [0.1, 0.15) is 0 Å². The number of hydrogen-bond donors (Lipinski definition) is 2. The first-order valence-corrected chi connectivity index (χ1v) is 17.2. The Kier molecular flexibility index (Phi) is 7.70. The van der Waals surface area contributed by atoms with Crippen molar-refractivity contribution in [3.8, 4) is 0 Å². The van der Waals surface area contributed by atoms with Gasteiger partial charge < -0.3 is 9.97 Å². The molecule has 254 valence electrons. The van der Waals surface area contributed by atoms with E-state index in [4.69, 9.17) is 9.97 Å². The van der Waals surface area contributed by atoms with Crippen molar-refractivity contribution in [3.63, 3.8) is 0 Å². The molecule has 6 aliphatic rings. The van der Waals surface area contributed by atoms with Crippen LogP contribution in [0.5, 0.6) is 0 Å². The van der Waals surface area contributed by atoms with Gasteiger partial charge in [0, 0.05) is 28.0 Å².